The molecule has 0 unspecified atom stereocenters. The van der Waals surface area contributed by atoms with E-state index in [-0.39, 0.29) is 5.91 Å². The highest BCUT2D eigenvalue weighted by Gasteiger charge is 2.23. The number of rotatable bonds is 7. The van der Waals surface area contributed by atoms with Crippen LogP contribution in [0.1, 0.15) is 27.2 Å². The Labute approximate surface area is 210 Å². The molecular formula is C30H27N3OS. The van der Waals surface area contributed by atoms with E-state index >= 15 is 0 Å². The van der Waals surface area contributed by atoms with E-state index in [1.807, 2.05) is 86.8 Å². The molecule has 2 aromatic heterocycles. The topological polar surface area (TPSA) is 38.1 Å². The monoisotopic (exact) mass is 477 g/mol. The van der Waals surface area contributed by atoms with E-state index in [4.69, 9.17) is 4.98 Å². The van der Waals surface area contributed by atoms with E-state index in [1.54, 1.807) is 16.2 Å². The summed E-state index contributed by atoms with van der Waals surface area (Å²) in [7, 11) is 1.86. The predicted molar refractivity (Wildman–Crippen MR) is 143 cm³/mol. The van der Waals surface area contributed by atoms with Crippen LogP contribution in [-0.4, -0.2) is 27.4 Å². The molecule has 0 saturated carbocycles. The molecule has 5 rings (SSSR count). The van der Waals surface area contributed by atoms with Crippen LogP contribution in [0.25, 0.3) is 22.0 Å². The van der Waals surface area contributed by atoms with Crippen molar-refractivity contribution in [2.24, 2.45) is 0 Å². The summed E-state index contributed by atoms with van der Waals surface area (Å²) >= 11 is 1.62. The number of carbonyl (C=O) groups excluding carboxylic acids is 1. The van der Waals surface area contributed by atoms with Crippen LogP contribution in [0.15, 0.2) is 102 Å². The maximum atomic E-state index is 13.5. The number of hydrogen-bond donors (Lipinski definition) is 0. The van der Waals surface area contributed by atoms with Gasteiger partial charge in [-0.2, -0.15) is 0 Å². The largest absolute Gasteiger partial charge is 0.338 e. The summed E-state index contributed by atoms with van der Waals surface area (Å²) in [4.78, 5) is 20.3. The molecule has 35 heavy (non-hydrogen) atoms. The summed E-state index contributed by atoms with van der Waals surface area (Å²) < 4.78 is 2.21. The van der Waals surface area contributed by atoms with Crippen molar-refractivity contribution in [3.05, 3.63) is 125 Å². The van der Waals surface area contributed by atoms with Crippen molar-refractivity contribution in [3.8, 4) is 22.0 Å². The molecule has 0 aliphatic rings. The molecule has 0 N–H and O–H groups in total. The fourth-order valence-corrected chi connectivity index (χ4v) is 5.10. The lowest BCUT2D eigenvalue weighted by Gasteiger charge is -2.17. The zero-order valence-corrected chi connectivity index (χ0v) is 20.7. The lowest BCUT2D eigenvalue weighted by Crippen LogP contribution is -2.26. The van der Waals surface area contributed by atoms with Crippen molar-refractivity contribution < 1.29 is 4.79 Å². The second-order valence-corrected chi connectivity index (χ2v) is 9.51. The molecule has 0 fully saturated rings. The minimum atomic E-state index is 0.0120. The SMILES string of the molecule is Cc1c(C(=O)N(C)Cc2ccccc2)cc(-c2csc(-c3ccccc3)n2)n1Cc1ccccc1. The second kappa shape index (κ2) is 10.1. The lowest BCUT2D eigenvalue weighted by atomic mass is 10.1. The average Bonchev–Trinajstić information content (AvgIpc) is 3.51. The van der Waals surface area contributed by atoms with Gasteiger partial charge in [-0.25, -0.2) is 4.98 Å². The summed E-state index contributed by atoms with van der Waals surface area (Å²) in [6.07, 6.45) is 0. The zero-order valence-electron chi connectivity index (χ0n) is 19.9. The molecule has 174 valence electrons. The summed E-state index contributed by atoms with van der Waals surface area (Å²) in [6, 6.07) is 32.6. The third-order valence-corrected chi connectivity index (χ3v) is 7.07. The van der Waals surface area contributed by atoms with Crippen molar-refractivity contribution in [2.45, 2.75) is 20.0 Å². The fourth-order valence-electron chi connectivity index (χ4n) is 4.28. The Bertz CT molecular complexity index is 1420. The second-order valence-electron chi connectivity index (χ2n) is 8.65. The third-order valence-electron chi connectivity index (χ3n) is 6.18. The Morgan fingerprint density at radius 1 is 0.886 bits per heavy atom. The van der Waals surface area contributed by atoms with Gasteiger partial charge < -0.3 is 9.47 Å². The smallest absolute Gasteiger partial charge is 0.255 e. The first-order valence-corrected chi connectivity index (χ1v) is 12.5. The van der Waals surface area contributed by atoms with Crippen molar-refractivity contribution in [1.29, 1.82) is 0 Å². The van der Waals surface area contributed by atoms with E-state index in [0.29, 0.717) is 18.7 Å². The molecule has 0 bridgehead atoms. The van der Waals surface area contributed by atoms with Crippen molar-refractivity contribution in [1.82, 2.24) is 14.5 Å². The van der Waals surface area contributed by atoms with Crippen LogP contribution >= 0.6 is 11.3 Å². The van der Waals surface area contributed by atoms with Gasteiger partial charge in [-0.15, -0.1) is 11.3 Å². The number of nitrogens with zero attached hydrogens (tertiary/aromatic N) is 3. The highest BCUT2D eigenvalue weighted by molar-refractivity contribution is 7.13. The third kappa shape index (κ3) is 4.96. The van der Waals surface area contributed by atoms with Gasteiger partial charge in [0.2, 0.25) is 0 Å². The van der Waals surface area contributed by atoms with Crippen LogP contribution in [0.2, 0.25) is 0 Å². The van der Waals surface area contributed by atoms with Gasteiger partial charge >= 0.3 is 0 Å². The highest BCUT2D eigenvalue weighted by atomic mass is 32.1. The van der Waals surface area contributed by atoms with E-state index in [0.717, 1.165) is 33.2 Å². The van der Waals surface area contributed by atoms with Crippen LogP contribution in [0, 0.1) is 6.92 Å². The van der Waals surface area contributed by atoms with E-state index in [2.05, 4.69) is 34.2 Å². The predicted octanol–water partition coefficient (Wildman–Crippen LogP) is 6.91. The van der Waals surface area contributed by atoms with Gasteiger partial charge in [0.15, 0.2) is 0 Å². The first-order valence-electron chi connectivity index (χ1n) is 11.6. The molecule has 5 aromatic rings. The highest BCUT2D eigenvalue weighted by Crippen LogP contribution is 2.32. The van der Waals surface area contributed by atoms with Gasteiger partial charge in [-0.1, -0.05) is 91.0 Å². The molecule has 0 spiro atoms. The average molecular weight is 478 g/mol. The molecule has 0 aliphatic heterocycles. The summed E-state index contributed by atoms with van der Waals surface area (Å²) in [6.45, 7) is 3.27. The normalized spacial score (nSPS) is 10.9. The molecular weight excluding hydrogens is 450 g/mol. The number of benzene rings is 3. The molecule has 4 nitrogen and oxygen atoms in total. The lowest BCUT2D eigenvalue weighted by molar-refractivity contribution is 0.0784. The molecule has 2 heterocycles. The number of amides is 1. The summed E-state index contributed by atoms with van der Waals surface area (Å²) in [5.41, 5.74) is 6.89. The zero-order chi connectivity index (χ0) is 24.2. The minimum Gasteiger partial charge on any atom is -0.338 e. The Morgan fingerprint density at radius 2 is 1.49 bits per heavy atom. The van der Waals surface area contributed by atoms with E-state index in [1.165, 1.54) is 5.56 Å². The van der Waals surface area contributed by atoms with Crippen LogP contribution in [0.4, 0.5) is 0 Å². The first kappa shape index (κ1) is 22.8. The molecule has 0 aliphatic carbocycles. The number of aromatic nitrogens is 2. The quantitative estimate of drug-likeness (QED) is 0.255. The number of hydrogen-bond acceptors (Lipinski definition) is 3. The Hall–Kier alpha value is -3.96. The van der Waals surface area contributed by atoms with Crippen LogP contribution in [0.3, 0.4) is 0 Å². The maximum Gasteiger partial charge on any atom is 0.255 e. The van der Waals surface area contributed by atoms with Gasteiger partial charge in [0.05, 0.1) is 17.0 Å². The van der Waals surface area contributed by atoms with Gasteiger partial charge in [0, 0.05) is 36.8 Å². The van der Waals surface area contributed by atoms with Crippen LogP contribution in [-0.2, 0) is 13.1 Å². The van der Waals surface area contributed by atoms with Gasteiger partial charge in [0.25, 0.3) is 5.91 Å². The molecule has 3 aromatic carbocycles. The molecule has 0 saturated heterocycles. The van der Waals surface area contributed by atoms with E-state index in [9.17, 15) is 4.79 Å². The van der Waals surface area contributed by atoms with Crippen molar-refractivity contribution >= 4 is 17.2 Å². The molecule has 5 heteroatoms. The fraction of sp³-hybridized carbons (Fsp3) is 0.133. The number of carbonyl (C=O) groups is 1. The number of thiazole rings is 1. The van der Waals surface area contributed by atoms with Crippen LogP contribution < -0.4 is 0 Å². The Kier molecular flexibility index (Phi) is 6.59. The van der Waals surface area contributed by atoms with Crippen molar-refractivity contribution in [3.63, 3.8) is 0 Å². The molecule has 1 amide bonds. The van der Waals surface area contributed by atoms with Gasteiger partial charge in [0.1, 0.15) is 5.01 Å². The van der Waals surface area contributed by atoms with Crippen molar-refractivity contribution in [2.75, 3.05) is 7.05 Å². The Morgan fingerprint density at radius 3 is 2.14 bits per heavy atom. The molecule has 0 radical (unpaired) electrons. The van der Waals surface area contributed by atoms with Gasteiger partial charge in [-0.05, 0) is 24.1 Å². The van der Waals surface area contributed by atoms with Crippen LogP contribution in [0.5, 0.6) is 0 Å². The first-order chi connectivity index (χ1) is 17.1. The van der Waals surface area contributed by atoms with E-state index < -0.39 is 0 Å². The minimum absolute atomic E-state index is 0.0120. The molecule has 0 atom stereocenters. The van der Waals surface area contributed by atoms with Gasteiger partial charge in [-0.3, -0.25) is 4.79 Å². The Balaban J connectivity index is 1.52. The summed E-state index contributed by atoms with van der Waals surface area (Å²) in [5.74, 6) is 0.0120. The summed E-state index contributed by atoms with van der Waals surface area (Å²) in [5, 5.41) is 3.06. The maximum absolute atomic E-state index is 13.5. The standard InChI is InChI=1S/C30H27N3OS/c1-22-26(30(34)32(2)19-23-12-6-3-7-13-23)18-28(33(22)20-24-14-8-4-9-15-24)27-21-35-29(31-27)25-16-10-5-11-17-25/h3-18,21H,19-20H2,1-2H3.